The highest BCUT2D eigenvalue weighted by molar-refractivity contribution is 6.03. The van der Waals surface area contributed by atoms with Crippen LogP contribution in [0.3, 0.4) is 0 Å². The number of rotatable bonds is 11. The quantitative estimate of drug-likeness (QED) is 0.161. The van der Waals surface area contributed by atoms with Crippen molar-refractivity contribution < 1.29 is 36.6 Å². The number of amides is 2. The molecule has 3 aliphatic rings. The van der Waals surface area contributed by atoms with Gasteiger partial charge in [0.15, 0.2) is 17.4 Å². The van der Waals surface area contributed by atoms with Crippen LogP contribution in [0, 0.1) is 23.3 Å². The summed E-state index contributed by atoms with van der Waals surface area (Å²) >= 11 is 0. The van der Waals surface area contributed by atoms with E-state index in [1.54, 1.807) is 21.9 Å². The highest BCUT2D eigenvalue weighted by Gasteiger charge is 2.43. The molecule has 3 aromatic carbocycles. The topological polar surface area (TPSA) is 71.1 Å². The van der Waals surface area contributed by atoms with Gasteiger partial charge in [-0.3, -0.25) is 9.59 Å². The third-order valence-corrected chi connectivity index (χ3v) is 9.08. The Morgan fingerprint density at radius 3 is 2.38 bits per heavy atom. The van der Waals surface area contributed by atoms with Crippen molar-refractivity contribution >= 4 is 17.4 Å². The Bertz CT molecular complexity index is 1690. The first-order valence-electron chi connectivity index (χ1n) is 15.9. The van der Waals surface area contributed by atoms with E-state index in [1.165, 1.54) is 20.1 Å². The third kappa shape index (κ3) is 7.15. The lowest BCUT2D eigenvalue weighted by Gasteiger charge is -2.44. The monoisotopic (exact) mass is 651 g/mol. The number of hydrogen-bond donors (Lipinski definition) is 1. The standard InChI is InChI=1S/C36H37F4N3O4/c1-21(44)42-19-25-17-28(23-7-5-22(6-8-23)4-3-15-47-35-31(39)14-13-30(38)34(35)40)33(32(20-42)41-25)36(45)43(26-9-10-26)18-24-16-27(46-2)11-12-29(24)37/h5-8,11-14,16,25-26,32,41H,3-4,9-10,15,17-20H2,1-2H3. The van der Waals surface area contributed by atoms with Crippen molar-refractivity contribution in [2.45, 2.75) is 63.7 Å². The normalized spacial score (nSPS) is 19.1. The summed E-state index contributed by atoms with van der Waals surface area (Å²) in [5.41, 5.74) is 3.70. The van der Waals surface area contributed by atoms with Crippen LogP contribution < -0.4 is 14.8 Å². The SMILES string of the molecule is COc1ccc(F)c(CN(C(=O)C2=C(c3ccc(CCCOc4c(F)ccc(F)c4F)cc3)CC3CN(C(C)=O)CC2N3)C2CC2)c1. The van der Waals surface area contributed by atoms with Gasteiger partial charge in [-0.25, -0.2) is 13.2 Å². The minimum atomic E-state index is -1.35. The molecule has 1 N–H and O–H groups in total. The lowest BCUT2D eigenvalue weighted by atomic mass is 9.82. The number of piperazine rings is 1. The smallest absolute Gasteiger partial charge is 0.252 e. The van der Waals surface area contributed by atoms with Gasteiger partial charge < -0.3 is 24.6 Å². The molecule has 248 valence electrons. The van der Waals surface area contributed by atoms with E-state index in [-0.39, 0.29) is 43.1 Å². The fourth-order valence-electron chi connectivity index (χ4n) is 6.48. The molecule has 1 saturated carbocycles. The summed E-state index contributed by atoms with van der Waals surface area (Å²) in [7, 11) is 1.51. The van der Waals surface area contributed by atoms with E-state index in [0.717, 1.165) is 35.6 Å². The van der Waals surface area contributed by atoms with Crippen molar-refractivity contribution in [1.82, 2.24) is 15.1 Å². The molecule has 2 bridgehead atoms. The number of aryl methyl sites for hydroxylation is 1. The molecule has 2 heterocycles. The van der Waals surface area contributed by atoms with Gasteiger partial charge in [-0.2, -0.15) is 4.39 Å². The second-order valence-electron chi connectivity index (χ2n) is 12.4. The summed E-state index contributed by atoms with van der Waals surface area (Å²) in [6, 6.07) is 13.4. The number of halogens is 4. The van der Waals surface area contributed by atoms with Gasteiger partial charge in [0.25, 0.3) is 5.91 Å². The van der Waals surface area contributed by atoms with Crippen LogP contribution in [0.25, 0.3) is 5.57 Å². The van der Waals surface area contributed by atoms with Gasteiger partial charge in [-0.05, 0) is 79.1 Å². The average molecular weight is 652 g/mol. The van der Waals surface area contributed by atoms with E-state index >= 15 is 0 Å². The Hall–Kier alpha value is -4.38. The molecule has 6 rings (SSSR count). The molecule has 0 aromatic heterocycles. The van der Waals surface area contributed by atoms with Crippen LogP contribution in [-0.4, -0.2) is 66.5 Å². The summed E-state index contributed by atoms with van der Waals surface area (Å²) in [6.07, 6.45) is 3.18. The van der Waals surface area contributed by atoms with Crippen molar-refractivity contribution in [3.8, 4) is 11.5 Å². The molecule has 2 aliphatic heterocycles. The number of nitrogens with zero attached hydrogens (tertiary/aromatic N) is 2. The van der Waals surface area contributed by atoms with E-state index in [9.17, 15) is 27.2 Å². The molecule has 2 atom stereocenters. The van der Waals surface area contributed by atoms with Gasteiger partial charge in [0.1, 0.15) is 11.6 Å². The van der Waals surface area contributed by atoms with Gasteiger partial charge in [0.05, 0.1) is 19.8 Å². The highest BCUT2D eigenvalue weighted by atomic mass is 19.2. The van der Waals surface area contributed by atoms with Crippen molar-refractivity contribution in [1.29, 1.82) is 0 Å². The number of nitrogens with one attached hydrogen (secondary N) is 1. The second-order valence-corrected chi connectivity index (χ2v) is 12.4. The van der Waals surface area contributed by atoms with Crippen molar-refractivity contribution in [2.24, 2.45) is 0 Å². The predicted octanol–water partition coefficient (Wildman–Crippen LogP) is 5.80. The molecule has 2 fully saturated rings. The molecule has 47 heavy (non-hydrogen) atoms. The molecular formula is C36H37F4N3O4. The Kier molecular flexibility index (Phi) is 9.54. The summed E-state index contributed by atoms with van der Waals surface area (Å²) in [5, 5.41) is 3.56. The number of benzene rings is 3. The van der Waals surface area contributed by atoms with E-state index in [1.807, 2.05) is 24.3 Å². The number of carbonyl (C=O) groups excluding carboxylic acids is 2. The first-order valence-corrected chi connectivity index (χ1v) is 15.9. The zero-order valence-corrected chi connectivity index (χ0v) is 26.3. The molecular weight excluding hydrogens is 614 g/mol. The van der Waals surface area contributed by atoms with Gasteiger partial charge in [-0.15, -0.1) is 0 Å². The summed E-state index contributed by atoms with van der Waals surface area (Å²) < 4.78 is 66.7. The van der Waals surface area contributed by atoms with Crippen LogP contribution in [0.15, 0.2) is 60.2 Å². The molecule has 2 unspecified atom stereocenters. The van der Waals surface area contributed by atoms with Gasteiger partial charge in [0, 0.05) is 49.8 Å². The van der Waals surface area contributed by atoms with Crippen LogP contribution in [0.5, 0.6) is 11.5 Å². The Morgan fingerprint density at radius 1 is 0.957 bits per heavy atom. The first kappa shape index (κ1) is 32.6. The maximum absolute atomic E-state index is 14.9. The van der Waals surface area contributed by atoms with Gasteiger partial charge in [0.2, 0.25) is 11.7 Å². The fraction of sp³-hybridized carbons (Fsp3) is 0.389. The Balaban J connectivity index is 1.24. The van der Waals surface area contributed by atoms with Crippen molar-refractivity contribution in [2.75, 3.05) is 26.8 Å². The van der Waals surface area contributed by atoms with E-state index < -0.39 is 29.0 Å². The van der Waals surface area contributed by atoms with Gasteiger partial charge >= 0.3 is 0 Å². The van der Waals surface area contributed by atoms with Crippen LogP contribution in [0.1, 0.15) is 49.3 Å². The highest BCUT2D eigenvalue weighted by Crippen LogP contribution is 2.38. The molecule has 3 aromatic rings. The lowest BCUT2D eigenvalue weighted by molar-refractivity contribution is -0.132. The first-order chi connectivity index (χ1) is 22.6. The molecule has 0 spiro atoms. The zero-order chi connectivity index (χ0) is 33.2. The van der Waals surface area contributed by atoms with E-state index in [2.05, 4.69) is 5.32 Å². The fourth-order valence-corrected chi connectivity index (χ4v) is 6.48. The second kappa shape index (κ2) is 13.8. The predicted molar refractivity (Wildman–Crippen MR) is 168 cm³/mol. The molecule has 1 aliphatic carbocycles. The number of methoxy groups -OCH3 is 1. The number of ether oxygens (including phenoxy) is 2. The van der Waals surface area contributed by atoms with E-state index in [4.69, 9.17) is 9.47 Å². The third-order valence-electron chi connectivity index (χ3n) is 9.08. The number of hydrogen-bond acceptors (Lipinski definition) is 5. The molecule has 7 nitrogen and oxygen atoms in total. The Morgan fingerprint density at radius 2 is 1.68 bits per heavy atom. The maximum atomic E-state index is 14.9. The largest absolute Gasteiger partial charge is 0.497 e. The summed E-state index contributed by atoms with van der Waals surface area (Å²) in [6.45, 7) is 2.51. The molecule has 1 saturated heterocycles. The summed E-state index contributed by atoms with van der Waals surface area (Å²) in [4.78, 5) is 30.4. The van der Waals surface area contributed by atoms with E-state index in [0.29, 0.717) is 55.3 Å². The molecule has 11 heteroatoms. The Labute approximate surface area is 271 Å². The zero-order valence-electron chi connectivity index (χ0n) is 26.3. The van der Waals surface area contributed by atoms with Crippen molar-refractivity contribution in [3.63, 3.8) is 0 Å². The minimum Gasteiger partial charge on any atom is -0.497 e. The minimum absolute atomic E-state index is 0.00455. The lowest BCUT2D eigenvalue weighted by Crippen LogP contribution is -2.61. The van der Waals surface area contributed by atoms with Crippen molar-refractivity contribution in [3.05, 3.63) is 100 Å². The van der Waals surface area contributed by atoms with Crippen LogP contribution >= 0.6 is 0 Å². The number of fused-ring (bicyclic) bond motifs is 2. The summed E-state index contributed by atoms with van der Waals surface area (Å²) in [5.74, 6) is -4.33. The number of carbonyl (C=O) groups is 2. The van der Waals surface area contributed by atoms with Crippen LogP contribution in [-0.2, 0) is 22.6 Å². The van der Waals surface area contributed by atoms with Crippen LogP contribution in [0.2, 0.25) is 0 Å². The van der Waals surface area contributed by atoms with Gasteiger partial charge in [-0.1, -0.05) is 24.3 Å². The van der Waals surface area contributed by atoms with Crippen LogP contribution in [0.4, 0.5) is 17.6 Å². The molecule has 2 amide bonds. The molecule has 0 radical (unpaired) electrons. The maximum Gasteiger partial charge on any atom is 0.252 e. The average Bonchev–Trinajstić information content (AvgIpc) is 3.91.